The molecule has 2 N–H and O–H groups in total. The molecule has 0 aliphatic carbocycles. The molecule has 0 saturated carbocycles. The molecule has 4 nitrogen and oxygen atoms in total. The van der Waals surface area contributed by atoms with Crippen molar-refractivity contribution in [3.8, 4) is 0 Å². The summed E-state index contributed by atoms with van der Waals surface area (Å²) in [6, 6.07) is -0.00553. The minimum Gasteiger partial charge on any atom is -0.321 e. The number of likely N-dealkylation sites (tertiary alicyclic amines) is 1. The normalized spacial score (nSPS) is 18.3. The molecule has 0 aromatic carbocycles. The monoisotopic (exact) mass is 356 g/mol. The van der Waals surface area contributed by atoms with Gasteiger partial charge >= 0.3 is 0 Å². The van der Waals surface area contributed by atoms with E-state index in [0.29, 0.717) is 0 Å². The fourth-order valence-corrected chi connectivity index (χ4v) is 4.36. The molecular formula is C16H29BrN4. The topological polar surface area (TPSA) is 47.1 Å². The van der Waals surface area contributed by atoms with Crippen molar-refractivity contribution in [1.29, 1.82) is 0 Å². The highest BCUT2D eigenvalue weighted by Gasteiger charge is 2.42. The number of halogens is 1. The molecule has 0 spiro atoms. The van der Waals surface area contributed by atoms with E-state index in [1.165, 1.54) is 25.9 Å². The fraction of sp³-hybridized carbons (Fsp3) is 0.812. The summed E-state index contributed by atoms with van der Waals surface area (Å²) in [5.41, 5.74) is 8.02. The van der Waals surface area contributed by atoms with Crippen molar-refractivity contribution in [3.63, 3.8) is 0 Å². The Morgan fingerprint density at radius 2 is 1.90 bits per heavy atom. The molecule has 1 unspecified atom stereocenters. The third-order valence-corrected chi connectivity index (χ3v) is 5.71. The Bertz CT molecular complexity index is 447. The van der Waals surface area contributed by atoms with Gasteiger partial charge in [-0.1, -0.05) is 20.8 Å². The Balaban J connectivity index is 2.38. The lowest BCUT2D eigenvalue weighted by molar-refractivity contribution is 0.0732. The first kappa shape index (κ1) is 17.0. The summed E-state index contributed by atoms with van der Waals surface area (Å²) >= 11 is 3.67. The number of rotatable bonds is 7. The second kappa shape index (κ2) is 7.25. The second-order valence-electron chi connectivity index (χ2n) is 6.08. The summed E-state index contributed by atoms with van der Waals surface area (Å²) < 4.78 is 3.14. The SMILES string of the molecule is CCCn1ncc(Br)c1C(N)C(CC)(CC)N1CCCC1. The van der Waals surface area contributed by atoms with Crippen LogP contribution in [-0.4, -0.2) is 33.3 Å². The highest BCUT2D eigenvalue weighted by Crippen LogP contribution is 2.40. The third kappa shape index (κ3) is 3.06. The molecule has 0 amide bonds. The molecule has 1 aromatic heterocycles. The van der Waals surface area contributed by atoms with E-state index in [-0.39, 0.29) is 11.6 Å². The van der Waals surface area contributed by atoms with E-state index in [1.807, 2.05) is 6.20 Å². The Kier molecular flexibility index (Phi) is 5.86. The van der Waals surface area contributed by atoms with Gasteiger partial charge in [-0.3, -0.25) is 9.58 Å². The highest BCUT2D eigenvalue weighted by molar-refractivity contribution is 9.10. The van der Waals surface area contributed by atoms with Crippen LogP contribution in [0.5, 0.6) is 0 Å². The molecule has 120 valence electrons. The van der Waals surface area contributed by atoms with Crippen molar-refractivity contribution in [2.75, 3.05) is 13.1 Å². The molecule has 0 radical (unpaired) electrons. The molecule has 1 saturated heterocycles. The van der Waals surface area contributed by atoms with Gasteiger partial charge in [0.25, 0.3) is 0 Å². The molecule has 2 heterocycles. The van der Waals surface area contributed by atoms with Crippen LogP contribution in [0.4, 0.5) is 0 Å². The molecule has 1 atom stereocenters. The first-order valence-electron chi connectivity index (χ1n) is 8.32. The first-order chi connectivity index (χ1) is 10.1. The molecule has 2 rings (SSSR count). The average Bonchev–Trinajstić information content (AvgIpc) is 3.12. The molecule has 21 heavy (non-hydrogen) atoms. The summed E-state index contributed by atoms with van der Waals surface area (Å²) in [4.78, 5) is 2.62. The van der Waals surface area contributed by atoms with E-state index < -0.39 is 0 Å². The van der Waals surface area contributed by atoms with E-state index in [4.69, 9.17) is 5.73 Å². The molecule has 1 fully saturated rings. The summed E-state index contributed by atoms with van der Waals surface area (Å²) in [5, 5.41) is 4.51. The average molecular weight is 357 g/mol. The van der Waals surface area contributed by atoms with Gasteiger partial charge in [0, 0.05) is 12.1 Å². The van der Waals surface area contributed by atoms with E-state index in [2.05, 4.69) is 51.4 Å². The lowest BCUT2D eigenvalue weighted by Gasteiger charge is -2.45. The van der Waals surface area contributed by atoms with Crippen LogP contribution in [0.3, 0.4) is 0 Å². The van der Waals surface area contributed by atoms with Crippen molar-refractivity contribution in [1.82, 2.24) is 14.7 Å². The van der Waals surface area contributed by atoms with Crippen LogP contribution in [0.2, 0.25) is 0 Å². The van der Waals surface area contributed by atoms with Gasteiger partial charge in [0.05, 0.1) is 22.4 Å². The van der Waals surface area contributed by atoms with Crippen LogP contribution < -0.4 is 5.73 Å². The van der Waals surface area contributed by atoms with Gasteiger partial charge in [-0.2, -0.15) is 5.10 Å². The molecule has 1 aliphatic rings. The zero-order valence-corrected chi connectivity index (χ0v) is 15.2. The fourth-order valence-electron chi connectivity index (χ4n) is 3.82. The molecule has 5 heteroatoms. The first-order valence-corrected chi connectivity index (χ1v) is 9.11. The van der Waals surface area contributed by atoms with Gasteiger partial charge in [-0.25, -0.2) is 0 Å². The third-order valence-electron chi connectivity index (χ3n) is 5.10. The minimum atomic E-state index is -0.00553. The largest absolute Gasteiger partial charge is 0.321 e. The molecule has 1 aliphatic heterocycles. The molecular weight excluding hydrogens is 328 g/mol. The predicted molar refractivity (Wildman–Crippen MR) is 91.3 cm³/mol. The number of nitrogens with zero attached hydrogens (tertiary/aromatic N) is 3. The van der Waals surface area contributed by atoms with E-state index in [1.54, 1.807) is 0 Å². The van der Waals surface area contributed by atoms with E-state index in [9.17, 15) is 0 Å². The maximum Gasteiger partial charge on any atom is 0.0712 e. The predicted octanol–water partition coefficient (Wildman–Crippen LogP) is 3.71. The van der Waals surface area contributed by atoms with E-state index in [0.717, 1.165) is 36.0 Å². The van der Waals surface area contributed by atoms with Gasteiger partial charge in [0.2, 0.25) is 0 Å². The van der Waals surface area contributed by atoms with Crippen LogP contribution >= 0.6 is 15.9 Å². The standard InChI is InChI=1S/C16H29BrN4/c1-4-9-21-14(13(17)12-19-21)15(18)16(5-2,6-3)20-10-7-8-11-20/h12,15H,4-11,18H2,1-3H3. The van der Waals surface area contributed by atoms with Crippen LogP contribution in [0.25, 0.3) is 0 Å². The Morgan fingerprint density at radius 1 is 1.29 bits per heavy atom. The maximum absolute atomic E-state index is 6.82. The number of aryl methyl sites for hydroxylation is 1. The van der Waals surface area contributed by atoms with Crippen LogP contribution in [0.15, 0.2) is 10.7 Å². The van der Waals surface area contributed by atoms with E-state index >= 15 is 0 Å². The van der Waals surface area contributed by atoms with Crippen LogP contribution in [0, 0.1) is 0 Å². The summed E-state index contributed by atoms with van der Waals surface area (Å²) in [6.07, 6.45) is 7.71. The van der Waals surface area contributed by atoms with Crippen molar-refractivity contribution in [3.05, 3.63) is 16.4 Å². The zero-order valence-electron chi connectivity index (χ0n) is 13.6. The zero-order chi connectivity index (χ0) is 15.5. The van der Waals surface area contributed by atoms with Crippen molar-refractivity contribution in [2.24, 2.45) is 5.73 Å². The quantitative estimate of drug-likeness (QED) is 0.809. The highest BCUT2D eigenvalue weighted by atomic mass is 79.9. The van der Waals surface area contributed by atoms with Crippen molar-refractivity contribution >= 4 is 15.9 Å². The van der Waals surface area contributed by atoms with Crippen LogP contribution in [0.1, 0.15) is 64.6 Å². The number of hydrogen-bond acceptors (Lipinski definition) is 3. The smallest absolute Gasteiger partial charge is 0.0712 e. The lowest BCUT2D eigenvalue weighted by Crippen LogP contribution is -2.54. The van der Waals surface area contributed by atoms with Gasteiger partial charge in [-0.05, 0) is 61.1 Å². The van der Waals surface area contributed by atoms with Crippen molar-refractivity contribution < 1.29 is 0 Å². The summed E-state index contributed by atoms with van der Waals surface area (Å²) in [6.45, 7) is 10.0. The number of aromatic nitrogens is 2. The van der Waals surface area contributed by atoms with Crippen LogP contribution in [-0.2, 0) is 6.54 Å². The Labute approximate surface area is 137 Å². The maximum atomic E-state index is 6.82. The Hall–Kier alpha value is -0.390. The molecule has 1 aromatic rings. The number of hydrogen-bond donors (Lipinski definition) is 1. The van der Waals surface area contributed by atoms with Gasteiger partial charge < -0.3 is 5.73 Å². The minimum absolute atomic E-state index is 0.00553. The van der Waals surface area contributed by atoms with Crippen molar-refractivity contribution in [2.45, 2.75) is 71.0 Å². The number of nitrogens with two attached hydrogens (primary N) is 1. The van der Waals surface area contributed by atoms with Gasteiger partial charge in [0.15, 0.2) is 0 Å². The van der Waals surface area contributed by atoms with Gasteiger partial charge in [0.1, 0.15) is 0 Å². The lowest BCUT2D eigenvalue weighted by atomic mass is 9.81. The second-order valence-corrected chi connectivity index (χ2v) is 6.94. The van der Waals surface area contributed by atoms with Gasteiger partial charge in [-0.15, -0.1) is 0 Å². The Morgan fingerprint density at radius 3 is 2.43 bits per heavy atom. The summed E-state index contributed by atoms with van der Waals surface area (Å²) in [7, 11) is 0. The molecule has 0 bridgehead atoms. The summed E-state index contributed by atoms with van der Waals surface area (Å²) in [5.74, 6) is 0.